The highest BCUT2D eigenvalue weighted by atomic mass is 79.9. The molecular formula is C72H115Br2N11O14. The van der Waals surface area contributed by atoms with Crippen molar-refractivity contribution in [1.82, 2.24) is 51.0 Å². The second-order valence-corrected chi connectivity index (χ2v) is 29.2. The van der Waals surface area contributed by atoms with Crippen LogP contribution in [0.3, 0.4) is 0 Å². The van der Waals surface area contributed by atoms with E-state index in [-0.39, 0.29) is 55.4 Å². The Labute approximate surface area is 604 Å². The molecule has 0 bridgehead atoms. The van der Waals surface area contributed by atoms with E-state index in [2.05, 4.69) is 68.8 Å². The number of carbonyl (C=O) groups is 8. The van der Waals surface area contributed by atoms with Crippen molar-refractivity contribution in [3.05, 3.63) is 77.1 Å². The molecule has 0 aliphatic carbocycles. The minimum absolute atomic E-state index is 0.0790. The van der Waals surface area contributed by atoms with Gasteiger partial charge in [-0.2, -0.15) is 0 Å². The third-order valence-corrected chi connectivity index (χ3v) is 19.9. The summed E-state index contributed by atoms with van der Waals surface area (Å²) in [5, 5.41) is 35.2. The van der Waals surface area contributed by atoms with Gasteiger partial charge < -0.3 is 65.2 Å². The standard InChI is InChI=1S/C72H115Br2N11O14/c1-18-47(6)63(57(95-15)40-60(88)84-38-24-29-55(84)65(96-16)48(7)66(90)76-49(8)64(89)51-26-20-19-21-27-51)82(13)69(93)61(45(2)3)79-68(92)62(46(4)5)83(14)70(94)98-43-50-31-33-52(34-32-50)77-67(91)53(78-59(87)30-25-39-85-56(42-74)54(41-73)80-81-85)28-22-23-37-75-58(86)35-36-71(9,10)99-44-72(11,12)97-17/h19-21,26-27,31-34,45-49,53,55,57,61-65,89H,18,22-25,28-30,35-44H2,1-17H3,(H,75,86)(H,76,90)(H,77,91)(H,78,87)(H,79,92)/t47-,48+,49+,53-,55-,57+,61-,62?,63-,64+,65+/m0/s1. The zero-order valence-electron chi connectivity index (χ0n) is 61.6. The Balaban J connectivity index is 1.38. The molecule has 0 radical (unpaired) electrons. The number of amides is 8. The van der Waals surface area contributed by atoms with Gasteiger partial charge in [-0.1, -0.05) is 134 Å². The van der Waals surface area contributed by atoms with E-state index >= 15 is 0 Å². The fraction of sp³-hybridized carbons (Fsp3) is 0.694. The lowest BCUT2D eigenvalue weighted by molar-refractivity contribution is -0.148. The number of likely N-dealkylation sites (tertiary alicyclic amines) is 1. The number of aliphatic hydroxyl groups is 1. The smallest absolute Gasteiger partial charge is 0.410 e. The first-order valence-electron chi connectivity index (χ1n) is 34.8. The molecule has 1 aliphatic rings. The normalized spacial score (nSPS) is 16.5. The summed E-state index contributed by atoms with van der Waals surface area (Å²) in [6.07, 6.45) is 1.42. The van der Waals surface area contributed by atoms with Crippen molar-refractivity contribution in [2.24, 2.45) is 23.7 Å². The molecule has 0 saturated carbocycles. The molecule has 1 aromatic heterocycles. The first-order chi connectivity index (χ1) is 46.8. The summed E-state index contributed by atoms with van der Waals surface area (Å²) in [7, 11) is 7.78. The zero-order chi connectivity index (χ0) is 73.9. The molecule has 25 nitrogen and oxygen atoms in total. The molecule has 1 aliphatic heterocycles. The lowest BCUT2D eigenvalue weighted by atomic mass is 9.89. The molecule has 4 rings (SSSR count). The van der Waals surface area contributed by atoms with Crippen LogP contribution in [-0.4, -0.2) is 197 Å². The fourth-order valence-electron chi connectivity index (χ4n) is 12.3. The van der Waals surface area contributed by atoms with E-state index < -0.39 is 107 Å². The molecule has 6 N–H and O–H groups in total. The predicted octanol–water partition coefficient (Wildman–Crippen LogP) is 9.15. The van der Waals surface area contributed by atoms with Gasteiger partial charge in [-0.25, -0.2) is 9.48 Å². The van der Waals surface area contributed by atoms with Crippen LogP contribution in [0.5, 0.6) is 0 Å². The summed E-state index contributed by atoms with van der Waals surface area (Å²) in [6.45, 7) is 23.9. The summed E-state index contributed by atoms with van der Waals surface area (Å²) in [4.78, 5) is 116. The number of carbonyl (C=O) groups excluding carboxylic acids is 8. The van der Waals surface area contributed by atoms with Crippen LogP contribution in [0.2, 0.25) is 0 Å². The van der Waals surface area contributed by atoms with Crippen LogP contribution in [0.1, 0.15) is 182 Å². The quantitative estimate of drug-likeness (QED) is 0.0227. The van der Waals surface area contributed by atoms with Crippen molar-refractivity contribution in [3.8, 4) is 0 Å². The van der Waals surface area contributed by atoms with Gasteiger partial charge in [0, 0.05) is 84.2 Å². The number of aromatic nitrogens is 3. The molecule has 8 amide bonds. The lowest BCUT2D eigenvalue weighted by Gasteiger charge is -2.41. The first-order valence-corrected chi connectivity index (χ1v) is 37.1. The molecule has 11 atom stereocenters. The van der Waals surface area contributed by atoms with E-state index in [0.29, 0.717) is 105 Å². The van der Waals surface area contributed by atoms with Crippen molar-refractivity contribution >= 4 is 85.0 Å². The summed E-state index contributed by atoms with van der Waals surface area (Å²) < 4.78 is 31.1. The van der Waals surface area contributed by atoms with Crippen LogP contribution in [0.4, 0.5) is 10.5 Å². The molecule has 0 spiro atoms. The maximum absolute atomic E-state index is 14.9. The molecule has 556 valence electrons. The highest BCUT2D eigenvalue weighted by molar-refractivity contribution is 9.09. The number of hydrogen-bond acceptors (Lipinski definition) is 16. The second kappa shape index (κ2) is 41.7. The molecule has 1 fully saturated rings. The average molecular weight is 1520 g/mol. The van der Waals surface area contributed by atoms with Crippen LogP contribution in [0.25, 0.3) is 0 Å². The monoisotopic (exact) mass is 1520 g/mol. The van der Waals surface area contributed by atoms with Gasteiger partial charge in [0.25, 0.3) is 0 Å². The summed E-state index contributed by atoms with van der Waals surface area (Å²) >= 11 is 6.93. The number of unbranched alkanes of at least 4 members (excludes halogenated alkanes) is 1. The Kier molecular flexibility index (Phi) is 36.0. The number of aryl methyl sites for hydroxylation is 1. The van der Waals surface area contributed by atoms with Crippen LogP contribution < -0.4 is 26.6 Å². The molecule has 2 heterocycles. The SMILES string of the molecule is CC[C@H](C)[C@@H]([C@@H](CC(=O)N1CCC[C@H]1[C@H](OC)[C@@H](C)C(=O)N[C@H](C)[C@@H](O)c1ccccc1)OC)N(C)C(=O)[C@@H](NC(=O)C(C(C)C)N(C)C(=O)OCc1ccc(NC(=O)[C@H](CCCCNC(=O)CCC(C)(C)OCC(C)(C)OC)NC(=O)CCCn2nnc(CBr)c2CBr)cc1)C(C)C. The number of halogens is 2. The third kappa shape index (κ3) is 26.3. The number of nitrogens with one attached hydrogen (secondary N) is 5. The van der Waals surface area contributed by atoms with E-state index in [1.807, 2.05) is 73.6 Å². The van der Waals surface area contributed by atoms with Crippen molar-refractivity contribution in [1.29, 1.82) is 0 Å². The van der Waals surface area contributed by atoms with Crippen LogP contribution >= 0.6 is 31.9 Å². The number of hydrogen-bond donors (Lipinski definition) is 6. The Morgan fingerprint density at radius 2 is 1.44 bits per heavy atom. The van der Waals surface area contributed by atoms with Crippen LogP contribution in [-0.2, 0) is 81.1 Å². The molecule has 1 saturated heterocycles. The number of aliphatic hydroxyl groups excluding tert-OH is 1. The van der Waals surface area contributed by atoms with Crippen molar-refractivity contribution in [3.63, 3.8) is 0 Å². The molecule has 2 aromatic carbocycles. The second-order valence-electron chi connectivity index (χ2n) is 28.1. The van der Waals surface area contributed by atoms with Crippen molar-refractivity contribution < 1.29 is 67.1 Å². The highest BCUT2D eigenvalue weighted by Crippen LogP contribution is 2.31. The molecule has 3 aromatic rings. The van der Waals surface area contributed by atoms with Crippen LogP contribution in [0.15, 0.2) is 54.6 Å². The zero-order valence-corrected chi connectivity index (χ0v) is 64.8. The molecular weight excluding hydrogens is 1400 g/mol. The van der Waals surface area contributed by atoms with Gasteiger partial charge in [-0.3, -0.25) is 38.5 Å². The summed E-state index contributed by atoms with van der Waals surface area (Å²) in [5.74, 6) is -4.05. The number of ether oxygens (including phenoxy) is 5. The van der Waals surface area contributed by atoms with Gasteiger partial charge in [0.1, 0.15) is 24.7 Å². The van der Waals surface area contributed by atoms with Gasteiger partial charge in [0.15, 0.2) is 0 Å². The molecule has 99 heavy (non-hydrogen) atoms. The van der Waals surface area contributed by atoms with Crippen molar-refractivity contribution in [2.75, 3.05) is 60.4 Å². The molecule has 1 unspecified atom stereocenters. The van der Waals surface area contributed by atoms with Crippen molar-refractivity contribution in [2.45, 2.75) is 243 Å². The number of alkyl halides is 2. The topological polar surface area (TPSA) is 304 Å². The summed E-state index contributed by atoms with van der Waals surface area (Å²) in [5.41, 5.74) is 2.40. The third-order valence-electron chi connectivity index (χ3n) is 18.8. The van der Waals surface area contributed by atoms with Gasteiger partial charge in [0.05, 0.1) is 78.0 Å². The number of rotatable bonds is 43. The fourth-order valence-corrected chi connectivity index (χ4v) is 13.3. The number of nitrogens with zero attached hydrogens (tertiary/aromatic N) is 6. The van der Waals surface area contributed by atoms with E-state index in [1.54, 1.807) is 92.7 Å². The highest BCUT2D eigenvalue weighted by Gasteiger charge is 2.44. The average Bonchev–Trinajstić information content (AvgIpc) is 1.79. The Bertz CT molecular complexity index is 3030. The predicted molar refractivity (Wildman–Crippen MR) is 387 cm³/mol. The van der Waals surface area contributed by atoms with Crippen LogP contribution in [0, 0.1) is 23.7 Å². The van der Waals surface area contributed by atoms with E-state index in [0.717, 1.165) is 11.4 Å². The number of methoxy groups -OCH3 is 3. The minimum atomic E-state index is -1.06. The Hall–Kier alpha value is -6.10. The van der Waals surface area contributed by atoms with Gasteiger partial charge in [-0.05, 0) is 121 Å². The number of benzene rings is 2. The number of anilines is 1. The van der Waals surface area contributed by atoms with Gasteiger partial charge >= 0.3 is 6.09 Å². The van der Waals surface area contributed by atoms with Gasteiger partial charge in [-0.15, -0.1) is 5.10 Å². The maximum Gasteiger partial charge on any atom is 0.410 e. The Morgan fingerprint density at radius 1 is 0.768 bits per heavy atom. The maximum atomic E-state index is 14.9. The van der Waals surface area contributed by atoms with E-state index in [1.165, 1.54) is 26.2 Å². The van der Waals surface area contributed by atoms with E-state index in [9.17, 15) is 43.5 Å². The van der Waals surface area contributed by atoms with E-state index in [4.69, 9.17) is 23.7 Å². The lowest BCUT2D eigenvalue weighted by Crippen LogP contribution is -2.60. The van der Waals surface area contributed by atoms with Gasteiger partial charge in [0.2, 0.25) is 41.4 Å². The Morgan fingerprint density at radius 3 is 2.04 bits per heavy atom. The first kappa shape index (κ1) is 85.3. The molecule has 27 heteroatoms. The number of likely N-dealkylation sites (N-methyl/N-ethyl adjacent to an activating group) is 2. The largest absolute Gasteiger partial charge is 0.445 e. The minimum Gasteiger partial charge on any atom is -0.445 e. The summed E-state index contributed by atoms with van der Waals surface area (Å²) in [6, 6.07) is 11.1.